The molecule has 0 bridgehead atoms. The first-order valence-corrected chi connectivity index (χ1v) is 8.61. The normalized spacial score (nSPS) is 19.7. The second kappa shape index (κ2) is 8.26. The molecule has 0 radical (unpaired) electrons. The number of nitrogens with zero attached hydrogens (tertiary/aromatic N) is 2. The number of rotatable bonds is 6. The second-order valence-corrected chi connectivity index (χ2v) is 6.30. The van der Waals surface area contributed by atoms with Crippen molar-refractivity contribution in [2.24, 2.45) is 0 Å². The van der Waals surface area contributed by atoms with E-state index in [2.05, 4.69) is 20.5 Å². The molecule has 0 atom stereocenters. The molecule has 1 saturated carbocycles. The largest absolute Gasteiger partial charge is 0.381 e. The van der Waals surface area contributed by atoms with Gasteiger partial charge in [0.25, 0.3) is 5.91 Å². The average molecular weight is 318 g/mol. The van der Waals surface area contributed by atoms with E-state index < -0.39 is 0 Å². The SMILES string of the molecule is O=C(NCCN1CCOCC1)c1cncc(NC2CCCC2)c1. The average Bonchev–Trinajstić information content (AvgIpc) is 3.09. The molecular formula is C17H26N4O2. The number of carbonyl (C=O) groups excluding carboxylic acids is 1. The maximum Gasteiger partial charge on any atom is 0.252 e. The first kappa shape index (κ1) is 16.2. The number of ether oxygens (including phenoxy) is 1. The molecule has 23 heavy (non-hydrogen) atoms. The molecule has 2 fully saturated rings. The molecule has 6 nitrogen and oxygen atoms in total. The Morgan fingerprint density at radius 2 is 2.04 bits per heavy atom. The lowest BCUT2D eigenvalue weighted by atomic mass is 10.2. The third-order valence-corrected chi connectivity index (χ3v) is 4.54. The number of aromatic nitrogens is 1. The lowest BCUT2D eigenvalue weighted by Crippen LogP contribution is -2.41. The molecule has 2 N–H and O–H groups in total. The van der Waals surface area contributed by atoms with Gasteiger partial charge in [0.15, 0.2) is 0 Å². The molecule has 1 aliphatic carbocycles. The molecule has 2 aliphatic rings. The van der Waals surface area contributed by atoms with E-state index in [9.17, 15) is 4.79 Å². The highest BCUT2D eigenvalue weighted by molar-refractivity contribution is 5.94. The number of morpholine rings is 1. The predicted molar refractivity (Wildman–Crippen MR) is 89.7 cm³/mol. The van der Waals surface area contributed by atoms with E-state index in [4.69, 9.17) is 4.74 Å². The van der Waals surface area contributed by atoms with E-state index >= 15 is 0 Å². The summed E-state index contributed by atoms with van der Waals surface area (Å²) in [6, 6.07) is 2.42. The van der Waals surface area contributed by atoms with E-state index in [0.29, 0.717) is 18.2 Å². The Bertz CT molecular complexity index is 511. The Labute approximate surface area is 137 Å². The second-order valence-electron chi connectivity index (χ2n) is 6.30. The summed E-state index contributed by atoms with van der Waals surface area (Å²) in [5.41, 5.74) is 1.56. The zero-order chi connectivity index (χ0) is 15.9. The number of nitrogens with one attached hydrogen (secondary N) is 2. The molecule has 1 amide bonds. The fraction of sp³-hybridized carbons (Fsp3) is 0.647. The van der Waals surface area contributed by atoms with E-state index in [1.54, 1.807) is 12.4 Å². The molecule has 1 aromatic rings. The number of hydrogen-bond acceptors (Lipinski definition) is 5. The standard InChI is InChI=1S/C17H26N4O2/c22-17(19-5-6-21-7-9-23-10-8-21)14-11-16(13-18-12-14)20-15-3-1-2-4-15/h11-13,15,20H,1-10H2,(H,19,22). The van der Waals surface area contributed by atoms with Gasteiger partial charge in [-0.15, -0.1) is 0 Å². The maximum atomic E-state index is 12.3. The summed E-state index contributed by atoms with van der Waals surface area (Å²) >= 11 is 0. The van der Waals surface area contributed by atoms with Gasteiger partial charge in [-0.25, -0.2) is 0 Å². The number of hydrogen-bond donors (Lipinski definition) is 2. The van der Waals surface area contributed by atoms with Gasteiger partial charge < -0.3 is 15.4 Å². The van der Waals surface area contributed by atoms with Gasteiger partial charge in [-0.05, 0) is 18.9 Å². The van der Waals surface area contributed by atoms with Gasteiger partial charge in [0.05, 0.1) is 24.5 Å². The first-order valence-electron chi connectivity index (χ1n) is 8.61. The Morgan fingerprint density at radius 3 is 2.83 bits per heavy atom. The van der Waals surface area contributed by atoms with Crippen LogP contribution in [-0.4, -0.2) is 61.2 Å². The van der Waals surface area contributed by atoms with Gasteiger partial charge >= 0.3 is 0 Å². The van der Waals surface area contributed by atoms with Crippen LogP contribution in [-0.2, 0) is 4.74 Å². The van der Waals surface area contributed by atoms with E-state index in [1.165, 1.54) is 25.7 Å². The maximum absolute atomic E-state index is 12.3. The van der Waals surface area contributed by atoms with Crippen LogP contribution in [0.2, 0.25) is 0 Å². The summed E-state index contributed by atoms with van der Waals surface area (Å²) in [5.74, 6) is -0.0548. The van der Waals surface area contributed by atoms with Crippen LogP contribution in [0.5, 0.6) is 0 Å². The number of carbonyl (C=O) groups is 1. The van der Waals surface area contributed by atoms with E-state index in [0.717, 1.165) is 38.5 Å². The Balaban J connectivity index is 1.46. The van der Waals surface area contributed by atoms with Crippen LogP contribution >= 0.6 is 0 Å². The number of amides is 1. The van der Waals surface area contributed by atoms with Crippen molar-refractivity contribution in [2.75, 3.05) is 44.7 Å². The van der Waals surface area contributed by atoms with Crippen LogP contribution in [0.3, 0.4) is 0 Å². The molecule has 0 aromatic carbocycles. The summed E-state index contributed by atoms with van der Waals surface area (Å²) in [4.78, 5) is 18.8. The topological polar surface area (TPSA) is 66.5 Å². The zero-order valence-electron chi connectivity index (χ0n) is 13.6. The smallest absolute Gasteiger partial charge is 0.252 e. The molecule has 6 heteroatoms. The summed E-state index contributed by atoms with van der Waals surface area (Å²) in [7, 11) is 0. The fourth-order valence-electron chi connectivity index (χ4n) is 3.20. The van der Waals surface area contributed by atoms with Crippen LogP contribution in [0.25, 0.3) is 0 Å². The van der Waals surface area contributed by atoms with Gasteiger partial charge in [0.1, 0.15) is 0 Å². The van der Waals surface area contributed by atoms with Gasteiger partial charge in [0, 0.05) is 44.6 Å². The highest BCUT2D eigenvalue weighted by Crippen LogP contribution is 2.22. The van der Waals surface area contributed by atoms with Crippen LogP contribution in [0, 0.1) is 0 Å². The highest BCUT2D eigenvalue weighted by Gasteiger charge is 2.15. The lowest BCUT2D eigenvalue weighted by molar-refractivity contribution is 0.0383. The predicted octanol–water partition coefficient (Wildman–Crippen LogP) is 1.50. The van der Waals surface area contributed by atoms with Gasteiger partial charge in [0.2, 0.25) is 0 Å². The van der Waals surface area contributed by atoms with E-state index in [1.807, 2.05) is 6.07 Å². The fourth-order valence-corrected chi connectivity index (χ4v) is 3.20. The van der Waals surface area contributed by atoms with Crippen molar-refractivity contribution in [2.45, 2.75) is 31.7 Å². The number of anilines is 1. The van der Waals surface area contributed by atoms with Gasteiger partial charge in [-0.2, -0.15) is 0 Å². The quantitative estimate of drug-likeness (QED) is 0.832. The molecule has 3 rings (SSSR count). The van der Waals surface area contributed by atoms with Crippen molar-refractivity contribution in [3.63, 3.8) is 0 Å². The van der Waals surface area contributed by atoms with Gasteiger partial charge in [-0.3, -0.25) is 14.7 Å². The van der Waals surface area contributed by atoms with Gasteiger partial charge in [-0.1, -0.05) is 12.8 Å². The molecular weight excluding hydrogens is 292 g/mol. The third kappa shape index (κ3) is 4.91. The molecule has 1 aromatic heterocycles. The van der Waals surface area contributed by atoms with E-state index in [-0.39, 0.29) is 5.91 Å². The minimum atomic E-state index is -0.0548. The molecule has 126 valence electrons. The zero-order valence-corrected chi connectivity index (χ0v) is 13.6. The summed E-state index contributed by atoms with van der Waals surface area (Å²) in [6.45, 7) is 4.97. The van der Waals surface area contributed by atoms with Crippen molar-refractivity contribution in [3.05, 3.63) is 24.0 Å². The molecule has 1 aliphatic heterocycles. The number of pyridine rings is 1. The summed E-state index contributed by atoms with van der Waals surface area (Å²) in [5, 5.41) is 6.46. The Kier molecular flexibility index (Phi) is 5.82. The van der Waals surface area contributed by atoms with Crippen molar-refractivity contribution >= 4 is 11.6 Å². The molecule has 0 spiro atoms. The molecule has 0 unspecified atom stereocenters. The van der Waals surface area contributed by atoms with Crippen LogP contribution in [0.15, 0.2) is 18.5 Å². The van der Waals surface area contributed by atoms with Crippen LogP contribution in [0.1, 0.15) is 36.0 Å². The highest BCUT2D eigenvalue weighted by atomic mass is 16.5. The lowest BCUT2D eigenvalue weighted by Gasteiger charge is -2.26. The summed E-state index contributed by atoms with van der Waals surface area (Å²) < 4.78 is 5.32. The van der Waals surface area contributed by atoms with Crippen LogP contribution < -0.4 is 10.6 Å². The van der Waals surface area contributed by atoms with Crippen LogP contribution in [0.4, 0.5) is 5.69 Å². The Morgan fingerprint density at radius 1 is 1.26 bits per heavy atom. The van der Waals surface area contributed by atoms with Crippen molar-refractivity contribution in [1.82, 2.24) is 15.2 Å². The first-order chi connectivity index (χ1) is 11.3. The van der Waals surface area contributed by atoms with Crippen molar-refractivity contribution in [3.8, 4) is 0 Å². The van der Waals surface area contributed by atoms with Crippen molar-refractivity contribution in [1.29, 1.82) is 0 Å². The minimum absolute atomic E-state index is 0.0548. The molecule has 2 heterocycles. The Hall–Kier alpha value is -1.66. The molecule has 1 saturated heterocycles. The third-order valence-electron chi connectivity index (χ3n) is 4.54. The summed E-state index contributed by atoms with van der Waals surface area (Å²) in [6.07, 6.45) is 8.40. The minimum Gasteiger partial charge on any atom is -0.381 e. The van der Waals surface area contributed by atoms with Crippen molar-refractivity contribution < 1.29 is 9.53 Å². The monoisotopic (exact) mass is 318 g/mol.